The average molecular weight is 452 g/mol. The number of piperidine rings is 1. The van der Waals surface area contributed by atoms with Gasteiger partial charge in [-0.3, -0.25) is 19.3 Å². The quantitative estimate of drug-likeness (QED) is 0.457. The van der Waals surface area contributed by atoms with Crippen molar-refractivity contribution in [2.75, 3.05) is 13.1 Å². The van der Waals surface area contributed by atoms with Crippen molar-refractivity contribution in [3.8, 4) is 0 Å². The summed E-state index contributed by atoms with van der Waals surface area (Å²) >= 11 is 0. The molecule has 8 heteroatoms. The van der Waals surface area contributed by atoms with Crippen LogP contribution in [0.1, 0.15) is 98.3 Å². The maximum absolute atomic E-state index is 13.2. The minimum absolute atomic E-state index is 0.0457. The summed E-state index contributed by atoms with van der Waals surface area (Å²) in [6, 6.07) is 0.982. The number of unbranched alkanes of at least 4 members (excludes halogenated alkanes) is 1. The van der Waals surface area contributed by atoms with Gasteiger partial charge in [-0.25, -0.2) is 4.79 Å². The minimum Gasteiger partial charge on any atom is -0.355 e. The predicted molar refractivity (Wildman–Crippen MR) is 121 cm³/mol. The summed E-state index contributed by atoms with van der Waals surface area (Å²) in [7, 11) is 0. The Bertz CT molecular complexity index is 661. The third kappa shape index (κ3) is 6.53. The van der Waals surface area contributed by atoms with Crippen molar-refractivity contribution in [3.05, 3.63) is 0 Å². The molecule has 0 radical (unpaired) electrons. The van der Waals surface area contributed by atoms with Crippen molar-refractivity contribution in [2.45, 2.75) is 110 Å². The van der Waals surface area contributed by atoms with Crippen LogP contribution < -0.4 is 5.32 Å². The summed E-state index contributed by atoms with van der Waals surface area (Å²) in [4.78, 5) is 55.9. The Labute approximate surface area is 192 Å². The number of carbonyl (C=O) groups excluding carboxylic acids is 4. The molecular formula is C24H41N3O5. The molecule has 2 saturated heterocycles. The molecule has 1 N–H and O–H groups in total. The molecule has 2 atom stereocenters. The molecule has 0 spiro atoms. The van der Waals surface area contributed by atoms with E-state index in [0.29, 0.717) is 17.1 Å². The first-order valence-electron chi connectivity index (χ1n) is 12.4. The lowest BCUT2D eigenvalue weighted by Gasteiger charge is -2.46. The Morgan fingerprint density at radius 3 is 2.34 bits per heavy atom. The van der Waals surface area contributed by atoms with E-state index >= 15 is 0 Å². The molecular weight excluding hydrogens is 410 g/mol. The number of nitrogens with zero attached hydrogens (tertiary/aromatic N) is 2. The van der Waals surface area contributed by atoms with Crippen LogP contribution in [-0.2, 0) is 24.0 Å². The molecule has 182 valence electrons. The van der Waals surface area contributed by atoms with Crippen molar-refractivity contribution in [1.82, 2.24) is 15.3 Å². The molecule has 0 saturated carbocycles. The lowest BCUT2D eigenvalue weighted by atomic mass is 9.78. The van der Waals surface area contributed by atoms with Gasteiger partial charge in [-0.1, -0.05) is 40.0 Å². The zero-order valence-corrected chi connectivity index (χ0v) is 20.3. The smallest absolute Gasteiger partial charge is 0.334 e. The van der Waals surface area contributed by atoms with E-state index in [1.54, 1.807) is 0 Å². The first-order valence-corrected chi connectivity index (χ1v) is 12.4. The topological polar surface area (TPSA) is 96.0 Å². The standard InChI is InChI=1S/C24H41N3O5/c1-5-8-11-19-12-9-10-18(4)26(19)17-24(6-2,7-3)23(31)25-16-15-22(30)32-27-20(28)13-14-21(27)29/h18-19H,5-17H2,1-4H3,(H,25,31). The van der Waals surface area contributed by atoms with Crippen LogP contribution in [0.3, 0.4) is 0 Å². The molecule has 32 heavy (non-hydrogen) atoms. The van der Waals surface area contributed by atoms with Gasteiger partial charge in [-0.15, -0.1) is 5.06 Å². The maximum atomic E-state index is 13.2. The Morgan fingerprint density at radius 2 is 1.75 bits per heavy atom. The lowest BCUT2D eigenvalue weighted by molar-refractivity contribution is -0.197. The zero-order chi connectivity index (χ0) is 23.7. The number of amides is 3. The molecule has 2 fully saturated rings. The molecule has 2 unspecified atom stereocenters. The maximum Gasteiger partial charge on any atom is 0.334 e. The molecule has 0 aromatic rings. The first kappa shape index (κ1) is 26.3. The molecule has 0 aliphatic carbocycles. The van der Waals surface area contributed by atoms with Crippen LogP contribution in [0, 0.1) is 5.41 Å². The normalized spacial score (nSPS) is 22.3. The Kier molecular flexibility index (Phi) is 10.1. The summed E-state index contributed by atoms with van der Waals surface area (Å²) in [5.74, 6) is -1.75. The number of hydrogen-bond acceptors (Lipinski definition) is 6. The van der Waals surface area contributed by atoms with Crippen molar-refractivity contribution in [1.29, 1.82) is 0 Å². The van der Waals surface area contributed by atoms with Gasteiger partial charge in [0.2, 0.25) is 5.91 Å². The Hall–Kier alpha value is -1.96. The second-order valence-electron chi connectivity index (χ2n) is 9.29. The molecule has 8 nitrogen and oxygen atoms in total. The van der Waals surface area contributed by atoms with Crippen LogP contribution in [0.2, 0.25) is 0 Å². The summed E-state index contributed by atoms with van der Waals surface area (Å²) < 4.78 is 0. The number of imide groups is 1. The molecule has 0 bridgehead atoms. The van der Waals surface area contributed by atoms with Crippen LogP contribution in [0.5, 0.6) is 0 Å². The van der Waals surface area contributed by atoms with Crippen molar-refractivity contribution >= 4 is 23.7 Å². The first-order chi connectivity index (χ1) is 15.3. The highest BCUT2D eigenvalue weighted by atomic mass is 16.7. The highest BCUT2D eigenvalue weighted by molar-refractivity contribution is 6.01. The van der Waals surface area contributed by atoms with Crippen LogP contribution in [0.15, 0.2) is 0 Å². The van der Waals surface area contributed by atoms with Gasteiger partial charge in [-0.05, 0) is 39.0 Å². The van der Waals surface area contributed by atoms with Crippen LogP contribution in [0.4, 0.5) is 0 Å². The zero-order valence-electron chi connectivity index (χ0n) is 20.3. The molecule has 3 amide bonds. The third-order valence-corrected chi connectivity index (χ3v) is 7.22. The summed E-state index contributed by atoms with van der Waals surface area (Å²) in [5.41, 5.74) is -0.513. The highest BCUT2D eigenvalue weighted by Crippen LogP contribution is 2.34. The number of rotatable bonds is 12. The summed E-state index contributed by atoms with van der Waals surface area (Å²) in [6.07, 6.45) is 8.62. The van der Waals surface area contributed by atoms with Gasteiger partial charge in [0.25, 0.3) is 11.8 Å². The van der Waals surface area contributed by atoms with E-state index in [-0.39, 0.29) is 31.7 Å². The Balaban J connectivity index is 1.94. The summed E-state index contributed by atoms with van der Waals surface area (Å²) in [6.45, 7) is 9.43. The molecule has 2 heterocycles. The molecule has 2 aliphatic rings. The van der Waals surface area contributed by atoms with E-state index < -0.39 is 23.2 Å². The average Bonchev–Trinajstić information content (AvgIpc) is 3.09. The molecule has 0 aromatic carbocycles. The van der Waals surface area contributed by atoms with Gasteiger partial charge >= 0.3 is 5.97 Å². The molecule has 2 rings (SSSR count). The van der Waals surface area contributed by atoms with Gasteiger partial charge in [0, 0.05) is 38.0 Å². The third-order valence-electron chi connectivity index (χ3n) is 7.22. The van der Waals surface area contributed by atoms with Crippen LogP contribution in [0.25, 0.3) is 0 Å². The van der Waals surface area contributed by atoms with E-state index in [2.05, 4.69) is 37.9 Å². The van der Waals surface area contributed by atoms with Gasteiger partial charge in [0.05, 0.1) is 11.8 Å². The van der Waals surface area contributed by atoms with Crippen LogP contribution in [-0.4, -0.2) is 58.8 Å². The number of hydrogen-bond donors (Lipinski definition) is 1. The summed E-state index contributed by atoms with van der Waals surface area (Å²) in [5, 5.41) is 3.45. The van der Waals surface area contributed by atoms with Crippen LogP contribution >= 0.6 is 0 Å². The van der Waals surface area contributed by atoms with Crippen molar-refractivity contribution < 1.29 is 24.0 Å². The molecule has 2 aliphatic heterocycles. The monoisotopic (exact) mass is 451 g/mol. The van der Waals surface area contributed by atoms with E-state index in [9.17, 15) is 19.2 Å². The predicted octanol–water partition coefficient (Wildman–Crippen LogP) is 3.34. The highest BCUT2D eigenvalue weighted by Gasteiger charge is 2.40. The van der Waals surface area contributed by atoms with Gasteiger partial charge in [-0.2, -0.15) is 0 Å². The lowest BCUT2D eigenvalue weighted by Crippen LogP contribution is -2.54. The number of carbonyl (C=O) groups is 4. The minimum atomic E-state index is -0.697. The van der Waals surface area contributed by atoms with E-state index in [4.69, 9.17) is 4.84 Å². The second-order valence-corrected chi connectivity index (χ2v) is 9.29. The van der Waals surface area contributed by atoms with Gasteiger partial charge in [0.15, 0.2) is 0 Å². The number of hydroxylamine groups is 2. The van der Waals surface area contributed by atoms with Gasteiger partial charge in [0.1, 0.15) is 0 Å². The SMILES string of the molecule is CCCCC1CCCC(C)N1CC(CC)(CC)C(=O)NCCC(=O)ON1C(=O)CCC1=O. The van der Waals surface area contributed by atoms with E-state index in [0.717, 1.165) is 25.8 Å². The second kappa shape index (κ2) is 12.3. The fraction of sp³-hybridized carbons (Fsp3) is 0.833. The largest absolute Gasteiger partial charge is 0.355 e. The van der Waals surface area contributed by atoms with Crippen molar-refractivity contribution in [2.24, 2.45) is 5.41 Å². The number of nitrogens with one attached hydrogen (secondary N) is 1. The fourth-order valence-corrected chi connectivity index (χ4v) is 4.86. The fourth-order valence-electron chi connectivity index (χ4n) is 4.86. The van der Waals surface area contributed by atoms with E-state index in [1.807, 2.05) is 0 Å². The Morgan fingerprint density at radius 1 is 1.09 bits per heavy atom. The van der Waals surface area contributed by atoms with Crippen molar-refractivity contribution in [3.63, 3.8) is 0 Å². The number of likely N-dealkylation sites (tertiary alicyclic amines) is 1. The van der Waals surface area contributed by atoms with E-state index in [1.165, 1.54) is 32.1 Å². The molecule has 0 aromatic heterocycles. The van der Waals surface area contributed by atoms with Gasteiger partial charge < -0.3 is 10.2 Å².